The number of rotatable bonds is 5. The van der Waals surface area contributed by atoms with Crippen LogP contribution < -0.4 is 14.8 Å². The van der Waals surface area contributed by atoms with E-state index in [1.165, 1.54) is 0 Å². The number of benzene rings is 1. The molecule has 1 amide bonds. The SMILES string of the molecule is CCc1cc(OC)cc(OCC(=O)NC)c1. The van der Waals surface area contributed by atoms with Crippen molar-refractivity contribution < 1.29 is 14.3 Å². The lowest BCUT2D eigenvalue weighted by atomic mass is 10.1. The molecule has 0 saturated heterocycles. The van der Waals surface area contributed by atoms with Gasteiger partial charge in [-0.2, -0.15) is 0 Å². The molecule has 0 aliphatic rings. The summed E-state index contributed by atoms with van der Waals surface area (Å²) in [6, 6.07) is 5.63. The molecule has 0 heterocycles. The van der Waals surface area contributed by atoms with Gasteiger partial charge in [0.25, 0.3) is 5.91 Å². The van der Waals surface area contributed by atoms with Crippen molar-refractivity contribution in [3.63, 3.8) is 0 Å². The molecule has 4 heteroatoms. The van der Waals surface area contributed by atoms with Gasteiger partial charge in [-0.25, -0.2) is 0 Å². The molecule has 0 aromatic heterocycles. The quantitative estimate of drug-likeness (QED) is 0.820. The zero-order chi connectivity index (χ0) is 12.0. The summed E-state index contributed by atoms with van der Waals surface area (Å²) < 4.78 is 10.5. The van der Waals surface area contributed by atoms with Crippen LogP contribution in [-0.2, 0) is 11.2 Å². The van der Waals surface area contributed by atoms with E-state index in [-0.39, 0.29) is 12.5 Å². The molecule has 4 nitrogen and oxygen atoms in total. The molecule has 0 spiro atoms. The molecule has 0 radical (unpaired) electrons. The van der Waals surface area contributed by atoms with E-state index in [1.807, 2.05) is 12.1 Å². The number of carbonyl (C=O) groups excluding carboxylic acids is 1. The number of nitrogens with one attached hydrogen (secondary N) is 1. The number of amides is 1. The standard InChI is InChI=1S/C12H17NO3/c1-4-9-5-10(15-3)7-11(6-9)16-8-12(14)13-2/h5-7H,4,8H2,1-3H3,(H,13,14). The van der Waals surface area contributed by atoms with E-state index in [2.05, 4.69) is 12.2 Å². The Hall–Kier alpha value is -1.71. The smallest absolute Gasteiger partial charge is 0.257 e. The number of hydrogen-bond acceptors (Lipinski definition) is 3. The number of ether oxygens (including phenoxy) is 2. The fourth-order valence-electron chi connectivity index (χ4n) is 1.26. The van der Waals surface area contributed by atoms with Gasteiger partial charge >= 0.3 is 0 Å². The largest absolute Gasteiger partial charge is 0.497 e. The first kappa shape index (κ1) is 12.4. The number of hydrogen-bond donors (Lipinski definition) is 1. The first-order chi connectivity index (χ1) is 7.69. The van der Waals surface area contributed by atoms with Crippen LogP contribution >= 0.6 is 0 Å². The van der Waals surface area contributed by atoms with Crippen molar-refractivity contribution in [1.29, 1.82) is 0 Å². The van der Waals surface area contributed by atoms with Crippen LogP contribution in [0.25, 0.3) is 0 Å². The minimum Gasteiger partial charge on any atom is -0.497 e. The van der Waals surface area contributed by atoms with Crippen LogP contribution in [0.4, 0.5) is 0 Å². The third-order valence-corrected chi connectivity index (χ3v) is 2.23. The fraction of sp³-hybridized carbons (Fsp3) is 0.417. The predicted molar refractivity (Wildman–Crippen MR) is 61.9 cm³/mol. The summed E-state index contributed by atoms with van der Waals surface area (Å²) in [4.78, 5) is 11.0. The highest BCUT2D eigenvalue weighted by molar-refractivity contribution is 5.77. The van der Waals surface area contributed by atoms with Gasteiger partial charge in [0.1, 0.15) is 11.5 Å². The lowest BCUT2D eigenvalue weighted by molar-refractivity contribution is -0.122. The number of aryl methyl sites for hydroxylation is 1. The molecule has 1 aromatic rings. The molecule has 1 aromatic carbocycles. The molecule has 1 N–H and O–H groups in total. The van der Waals surface area contributed by atoms with E-state index in [0.717, 1.165) is 17.7 Å². The molecular formula is C12H17NO3. The number of methoxy groups -OCH3 is 1. The second-order valence-corrected chi connectivity index (χ2v) is 3.33. The average molecular weight is 223 g/mol. The Morgan fingerprint density at radius 2 is 2.00 bits per heavy atom. The Labute approximate surface area is 95.6 Å². The summed E-state index contributed by atoms with van der Waals surface area (Å²) in [7, 11) is 3.19. The predicted octanol–water partition coefficient (Wildman–Crippen LogP) is 1.38. The third kappa shape index (κ3) is 3.46. The van der Waals surface area contributed by atoms with E-state index in [4.69, 9.17) is 9.47 Å². The van der Waals surface area contributed by atoms with Crippen LogP contribution in [0.2, 0.25) is 0 Å². The molecule has 0 saturated carbocycles. The summed E-state index contributed by atoms with van der Waals surface area (Å²) in [5.41, 5.74) is 1.12. The van der Waals surface area contributed by atoms with Gasteiger partial charge in [0, 0.05) is 13.1 Å². The van der Waals surface area contributed by atoms with Crippen molar-refractivity contribution >= 4 is 5.91 Å². The van der Waals surface area contributed by atoms with Gasteiger partial charge in [0.05, 0.1) is 7.11 Å². The van der Waals surface area contributed by atoms with E-state index >= 15 is 0 Å². The van der Waals surface area contributed by atoms with Gasteiger partial charge < -0.3 is 14.8 Å². The zero-order valence-corrected chi connectivity index (χ0v) is 9.87. The van der Waals surface area contributed by atoms with E-state index in [0.29, 0.717) is 5.75 Å². The average Bonchev–Trinajstić information content (AvgIpc) is 2.35. The molecule has 16 heavy (non-hydrogen) atoms. The maximum Gasteiger partial charge on any atom is 0.257 e. The van der Waals surface area contributed by atoms with E-state index < -0.39 is 0 Å². The Balaban J connectivity index is 2.74. The van der Waals surface area contributed by atoms with Crippen molar-refractivity contribution in [3.05, 3.63) is 23.8 Å². The maximum absolute atomic E-state index is 11.0. The molecule has 88 valence electrons. The minimum atomic E-state index is -0.152. The molecule has 0 bridgehead atoms. The van der Waals surface area contributed by atoms with E-state index in [1.54, 1.807) is 20.2 Å². The number of likely N-dealkylation sites (N-methyl/N-ethyl adjacent to an activating group) is 1. The van der Waals surface area contributed by atoms with E-state index in [9.17, 15) is 4.79 Å². The van der Waals surface area contributed by atoms with Gasteiger partial charge in [0.2, 0.25) is 0 Å². The molecule has 0 fully saturated rings. The van der Waals surface area contributed by atoms with Crippen LogP contribution in [0.5, 0.6) is 11.5 Å². The van der Waals surface area contributed by atoms with Gasteiger partial charge in [-0.3, -0.25) is 4.79 Å². The van der Waals surface area contributed by atoms with Gasteiger partial charge in [-0.15, -0.1) is 0 Å². The summed E-state index contributed by atoms with van der Waals surface area (Å²) in [6.45, 7) is 2.07. The molecule has 0 unspecified atom stereocenters. The van der Waals surface area contributed by atoms with Crippen LogP contribution in [0.15, 0.2) is 18.2 Å². The Morgan fingerprint density at radius 1 is 1.31 bits per heavy atom. The molecule has 0 atom stereocenters. The Kier molecular flexibility index (Phi) is 4.64. The highest BCUT2D eigenvalue weighted by atomic mass is 16.5. The van der Waals surface area contributed by atoms with Gasteiger partial charge in [0.15, 0.2) is 6.61 Å². The Bertz CT molecular complexity index is 341. The first-order valence-electron chi connectivity index (χ1n) is 5.21. The second kappa shape index (κ2) is 6.00. The maximum atomic E-state index is 11.0. The van der Waals surface area contributed by atoms with Crippen molar-refractivity contribution in [3.8, 4) is 11.5 Å². The van der Waals surface area contributed by atoms with Crippen molar-refractivity contribution in [2.75, 3.05) is 20.8 Å². The number of carbonyl (C=O) groups is 1. The van der Waals surface area contributed by atoms with Crippen LogP contribution in [0.3, 0.4) is 0 Å². The topological polar surface area (TPSA) is 47.6 Å². The summed E-state index contributed by atoms with van der Waals surface area (Å²) in [6.07, 6.45) is 0.896. The fourth-order valence-corrected chi connectivity index (χ4v) is 1.26. The van der Waals surface area contributed by atoms with Crippen molar-refractivity contribution in [2.24, 2.45) is 0 Å². The van der Waals surface area contributed by atoms with Crippen molar-refractivity contribution in [2.45, 2.75) is 13.3 Å². The molecular weight excluding hydrogens is 206 g/mol. The zero-order valence-electron chi connectivity index (χ0n) is 9.87. The van der Waals surface area contributed by atoms with Gasteiger partial charge in [-0.05, 0) is 24.1 Å². The normalized spacial score (nSPS) is 9.69. The van der Waals surface area contributed by atoms with Crippen molar-refractivity contribution in [1.82, 2.24) is 5.32 Å². The summed E-state index contributed by atoms with van der Waals surface area (Å²) in [5, 5.41) is 2.50. The van der Waals surface area contributed by atoms with Crippen LogP contribution in [0, 0.1) is 0 Å². The monoisotopic (exact) mass is 223 g/mol. The molecule has 0 aliphatic carbocycles. The molecule has 1 rings (SSSR count). The van der Waals surface area contributed by atoms with Crippen LogP contribution in [0.1, 0.15) is 12.5 Å². The van der Waals surface area contributed by atoms with Crippen LogP contribution in [-0.4, -0.2) is 26.7 Å². The minimum absolute atomic E-state index is 0.0207. The molecule has 0 aliphatic heterocycles. The summed E-state index contributed by atoms with van der Waals surface area (Å²) in [5.74, 6) is 1.24. The Morgan fingerprint density at radius 3 is 2.56 bits per heavy atom. The highest BCUT2D eigenvalue weighted by Crippen LogP contribution is 2.22. The van der Waals surface area contributed by atoms with Gasteiger partial charge in [-0.1, -0.05) is 6.92 Å². The highest BCUT2D eigenvalue weighted by Gasteiger charge is 2.03. The lowest BCUT2D eigenvalue weighted by Gasteiger charge is -2.09. The summed E-state index contributed by atoms with van der Waals surface area (Å²) >= 11 is 0. The lowest BCUT2D eigenvalue weighted by Crippen LogP contribution is -2.24. The first-order valence-corrected chi connectivity index (χ1v) is 5.21. The third-order valence-electron chi connectivity index (χ3n) is 2.23. The second-order valence-electron chi connectivity index (χ2n) is 3.33.